The number of amides is 4. The average Bonchev–Trinajstić information content (AvgIpc) is 3.04. The Kier molecular flexibility index (Phi) is 5.75. The molecule has 0 aliphatic carbocycles. The molecule has 0 aromatic carbocycles. The molecule has 1 fully saturated rings. The van der Waals surface area contributed by atoms with Crippen LogP contribution in [0.2, 0.25) is 0 Å². The molecule has 23 heavy (non-hydrogen) atoms. The summed E-state index contributed by atoms with van der Waals surface area (Å²) in [7, 11) is 0. The molecule has 0 bridgehead atoms. The number of piperidine rings is 1. The Balaban J connectivity index is 1.75. The minimum atomic E-state index is -0.853. The quantitative estimate of drug-likeness (QED) is 0.715. The smallest absolute Gasteiger partial charge is 0.318 e. The van der Waals surface area contributed by atoms with Crippen molar-refractivity contribution in [3.8, 4) is 0 Å². The van der Waals surface area contributed by atoms with Crippen LogP contribution in [0, 0.1) is 5.92 Å². The van der Waals surface area contributed by atoms with Crippen LogP contribution < -0.4 is 16.4 Å². The van der Waals surface area contributed by atoms with Gasteiger partial charge in [0, 0.05) is 5.92 Å². The van der Waals surface area contributed by atoms with Gasteiger partial charge < -0.3 is 15.5 Å². The van der Waals surface area contributed by atoms with E-state index in [1.807, 2.05) is 11.0 Å². The molecule has 2 heterocycles. The molecule has 1 aliphatic heterocycles. The number of nitrogens with two attached hydrogens (primary N) is 1. The van der Waals surface area contributed by atoms with Crippen molar-refractivity contribution in [2.75, 3.05) is 13.1 Å². The predicted octanol–water partition coefficient (Wildman–Crippen LogP) is 0.191. The van der Waals surface area contributed by atoms with Gasteiger partial charge in [0.05, 0.1) is 18.8 Å². The summed E-state index contributed by atoms with van der Waals surface area (Å²) in [6.07, 6.45) is 2.90. The van der Waals surface area contributed by atoms with Crippen LogP contribution in [-0.2, 0) is 16.1 Å². The van der Waals surface area contributed by atoms with E-state index in [0.29, 0.717) is 38.2 Å². The monoisotopic (exact) mass is 322 g/mol. The SMILES string of the molecule is CC(C(=O)NC(N)=O)N1CCC(C(=O)NCc2ccco2)CC1. The highest BCUT2D eigenvalue weighted by molar-refractivity contribution is 5.96. The number of nitrogens with one attached hydrogen (secondary N) is 2. The van der Waals surface area contributed by atoms with Crippen LogP contribution in [0.4, 0.5) is 4.79 Å². The van der Waals surface area contributed by atoms with Gasteiger partial charge in [0.2, 0.25) is 11.8 Å². The van der Waals surface area contributed by atoms with Crippen molar-refractivity contribution in [2.45, 2.75) is 32.4 Å². The topological polar surface area (TPSA) is 118 Å². The van der Waals surface area contributed by atoms with Crippen molar-refractivity contribution >= 4 is 17.8 Å². The maximum atomic E-state index is 12.1. The van der Waals surface area contributed by atoms with Crippen molar-refractivity contribution in [2.24, 2.45) is 11.7 Å². The third-order valence-electron chi connectivity index (χ3n) is 4.09. The Bertz CT molecular complexity index is 550. The number of primary amides is 1. The number of carbonyl (C=O) groups excluding carboxylic acids is 3. The first-order valence-electron chi connectivity index (χ1n) is 7.62. The van der Waals surface area contributed by atoms with Gasteiger partial charge >= 0.3 is 6.03 Å². The molecular formula is C15H22N4O4. The number of nitrogens with zero attached hydrogens (tertiary/aromatic N) is 1. The number of hydrogen-bond acceptors (Lipinski definition) is 5. The van der Waals surface area contributed by atoms with E-state index in [1.165, 1.54) is 0 Å². The van der Waals surface area contributed by atoms with Crippen LogP contribution >= 0.6 is 0 Å². The highest BCUT2D eigenvalue weighted by atomic mass is 16.3. The van der Waals surface area contributed by atoms with Crippen LogP contribution in [0.3, 0.4) is 0 Å². The van der Waals surface area contributed by atoms with Crippen LogP contribution in [0.15, 0.2) is 22.8 Å². The van der Waals surface area contributed by atoms with Gasteiger partial charge in [-0.3, -0.25) is 19.8 Å². The molecule has 0 radical (unpaired) electrons. The molecule has 0 spiro atoms. The summed E-state index contributed by atoms with van der Waals surface area (Å²) in [6.45, 7) is 3.33. The fourth-order valence-electron chi connectivity index (χ4n) is 2.67. The highest BCUT2D eigenvalue weighted by Gasteiger charge is 2.30. The molecule has 1 aliphatic rings. The number of hydrogen-bond donors (Lipinski definition) is 3. The van der Waals surface area contributed by atoms with E-state index in [9.17, 15) is 14.4 Å². The van der Waals surface area contributed by atoms with Crippen molar-refractivity contribution in [3.63, 3.8) is 0 Å². The number of carbonyl (C=O) groups is 3. The third kappa shape index (κ3) is 4.82. The molecule has 1 saturated heterocycles. The van der Waals surface area contributed by atoms with E-state index >= 15 is 0 Å². The highest BCUT2D eigenvalue weighted by Crippen LogP contribution is 2.19. The number of furan rings is 1. The normalized spacial score (nSPS) is 17.4. The first-order valence-corrected chi connectivity index (χ1v) is 7.62. The third-order valence-corrected chi connectivity index (χ3v) is 4.09. The molecule has 8 nitrogen and oxygen atoms in total. The van der Waals surface area contributed by atoms with Crippen LogP contribution in [0.5, 0.6) is 0 Å². The largest absolute Gasteiger partial charge is 0.467 e. The number of imide groups is 1. The lowest BCUT2D eigenvalue weighted by Gasteiger charge is -2.34. The summed E-state index contributed by atoms with van der Waals surface area (Å²) in [4.78, 5) is 36.6. The van der Waals surface area contributed by atoms with Crippen LogP contribution in [0.25, 0.3) is 0 Å². The average molecular weight is 322 g/mol. The Labute approximate surface area is 134 Å². The Hall–Kier alpha value is -2.35. The van der Waals surface area contributed by atoms with Crippen molar-refractivity contribution < 1.29 is 18.8 Å². The van der Waals surface area contributed by atoms with E-state index in [1.54, 1.807) is 19.3 Å². The molecule has 2 rings (SSSR count). The Morgan fingerprint density at radius 2 is 2.09 bits per heavy atom. The zero-order valence-corrected chi connectivity index (χ0v) is 13.1. The second-order valence-electron chi connectivity index (χ2n) is 5.64. The summed E-state index contributed by atoms with van der Waals surface area (Å²) >= 11 is 0. The Morgan fingerprint density at radius 3 is 2.65 bits per heavy atom. The maximum absolute atomic E-state index is 12.1. The standard InChI is InChI=1S/C15H22N4O4/c1-10(13(20)18-15(16)22)19-6-4-11(5-7-19)14(21)17-9-12-3-2-8-23-12/h2-3,8,10-11H,4-7,9H2,1H3,(H,17,21)(H3,16,18,20,22). The second kappa shape index (κ2) is 7.77. The lowest BCUT2D eigenvalue weighted by molar-refractivity contribution is -0.128. The first-order chi connectivity index (χ1) is 11.0. The van der Waals surface area contributed by atoms with Gasteiger partial charge in [0.25, 0.3) is 0 Å². The van der Waals surface area contributed by atoms with Gasteiger partial charge in [-0.15, -0.1) is 0 Å². The van der Waals surface area contributed by atoms with E-state index in [-0.39, 0.29) is 11.8 Å². The minimum Gasteiger partial charge on any atom is -0.467 e. The molecule has 1 atom stereocenters. The molecular weight excluding hydrogens is 300 g/mol. The molecule has 1 unspecified atom stereocenters. The summed E-state index contributed by atoms with van der Waals surface area (Å²) < 4.78 is 5.17. The van der Waals surface area contributed by atoms with E-state index in [2.05, 4.69) is 10.6 Å². The lowest BCUT2D eigenvalue weighted by atomic mass is 9.95. The van der Waals surface area contributed by atoms with Crippen LogP contribution in [-0.4, -0.2) is 41.9 Å². The van der Waals surface area contributed by atoms with E-state index < -0.39 is 18.0 Å². The predicted molar refractivity (Wildman–Crippen MR) is 82.0 cm³/mol. The summed E-state index contributed by atoms with van der Waals surface area (Å²) in [5.41, 5.74) is 4.95. The minimum absolute atomic E-state index is 0.00436. The number of likely N-dealkylation sites (tertiary alicyclic amines) is 1. The number of urea groups is 1. The first kappa shape index (κ1) is 17.0. The van der Waals surface area contributed by atoms with Crippen molar-refractivity contribution in [1.29, 1.82) is 0 Å². The molecule has 1 aromatic heterocycles. The Morgan fingerprint density at radius 1 is 1.39 bits per heavy atom. The molecule has 126 valence electrons. The summed E-state index contributed by atoms with van der Waals surface area (Å²) in [6, 6.07) is 2.28. The zero-order valence-electron chi connectivity index (χ0n) is 13.1. The zero-order chi connectivity index (χ0) is 16.8. The van der Waals surface area contributed by atoms with Gasteiger partial charge in [-0.25, -0.2) is 4.79 Å². The van der Waals surface area contributed by atoms with E-state index in [4.69, 9.17) is 10.2 Å². The van der Waals surface area contributed by atoms with Gasteiger partial charge in [-0.1, -0.05) is 0 Å². The van der Waals surface area contributed by atoms with E-state index in [0.717, 1.165) is 0 Å². The number of rotatable bonds is 5. The fourth-order valence-corrected chi connectivity index (χ4v) is 2.67. The summed E-state index contributed by atoms with van der Waals surface area (Å²) in [5.74, 6) is 0.216. The van der Waals surface area contributed by atoms with Gasteiger partial charge in [-0.2, -0.15) is 0 Å². The second-order valence-corrected chi connectivity index (χ2v) is 5.64. The van der Waals surface area contributed by atoms with Gasteiger partial charge in [0.1, 0.15) is 5.76 Å². The summed E-state index contributed by atoms with van der Waals surface area (Å²) in [5, 5.41) is 4.93. The molecule has 4 N–H and O–H groups in total. The molecule has 1 aromatic rings. The van der Waals surface area contributed by atoms with Crippen molar-refractivity contribution in [1.82, 2.24) is 15.5 Å². The maximum Gasteiger partial charge on any atom is 0.318 e. The lowest BCUT2D eigenvalue weighted by Crippen LogP contribution is -2.51. The van der Waals surface area contributed by atoms with Crippen molar-refractivity contribution in [3.05, 3.63) is 24.2 Å². The van der Waals surface area contributed by atoms with Crippen LogP contribution in [0.1, 0.15) is 25.5 Å². The molecule has 0 saturated carbocycles. The molecule has 8 heteroatoms. The van der Waals surface area contributed by atoms with Gasteiger partial charge in [0.15, 0.2) is 0 Å². The fraction of sp³-hybridized carbons (Fsp3) is 0.533. The molecule has 4 amide bonds. The van der Waals surface area contributed by atoms with Gasteiger partial charge in [-0.05, 0) is 45.0 Å².